The maximum atomic E-state index is 13.4. The molecule has 0 amide bonds. The van der Waals surface area contributed by atoms with E-state index in [2.05, 4.69) is 4.98 Å². The molecule has 4 heteroatoms. The van der Waals surface area contributed by atoms with E-state index in [1.807, 2.05) is 0 Å². The molecule has 0 saturated carbocycles. The molecular formula is C12H8FNOS. The van der Waals surface area contributed by atoms with E-state index in [1.165, 1.54) is 24.0 Å². The second kappa shape index (κ2) is 4.90. The fourth-order valence-corrected chi connectivity index (χ4v) is 2.12. The Balaban J connectivity index is 2.34. The highest BCUT2D eigenvalue weighted by molar-refractivity contribution is 7.99. The predicted molar refractivity (Wildman–Crippen MR) is 60.1 cm³/mol. The van der Waals surface area contributed by atoms with Crippen LogP contribution in [0, 0.1) is 5.82 Å². The third kappa shape index (κ3) is 2.28. The number of benzene rings is 1. The third-order valence-corrected chi connectivity index (χ3v) is 3.14. The standard InChI is InChI=1S/C12H8FNOS/c13-10-3-1-2-4-12(10)16-11-5-6-14-7-9(11)8-15/h1-8H. The summed E-state index contributed by atoms with van der Waals surface area (Å²) in [6.07, 6.45) is 3.77. The highest BCUT2D eigenvalue weighted by Crippen LogP contribution is 2.30. The Labute approximate surface area is 96.5 Å². The van der Waals surface area contributed by atoms with Gasteiger partial charge in [0.1, 0.15) is 5.82 Å². The fourth-order valence-electron chi connectivity index (χ4n) is 1.22. The average molecular weight is 233 g/mol. The smallest absolute Gasteiger partial charge is 0.152 e. The van der Waals surface area contributed by atoms with Gasteiger partial charge in [-0.05, 0) is 18.2 Å². The van der Waals surface area contributed by atoms with Crippen molar-refractivity contribution in [3.05, 3.63) is 54.1 Å². The number of carbonyl (C=O) groups is 1. The van der Waals surface area contributed by atoms with Crippen LogP contribution in [0.25, 0.3) is 0 Å². The molecule has 0 radical (unpaired) electrons. The van der Waals surface area contributed by atoms with E-state index in [1.54, 1.807) is 30.5 Å². The van der Waals surface area contributed by atoms with Crippen LogP contribution in [0.15, 0.2) is 52.5 Å². The van der Waals surface area contributed by atoms with Crippen molar-refractivity contribution in [2.24, 2.45) is 0 Å². The summed E-state index contributed by atoms with van der Waals surface area (Å²) in [5.74, 6) is -0.291. The Morgan fingerprint density at radius 1 is 1.19 bits per heavy atom. The summed E-state index contributed by atoms with van der Waals surface area (Å²) in [6, 6.07) is 8.15. The van der Waals surface area contributed by atoms with Crippen LogP contribution in [0.1, 0.15) is 10.4 Å². The Kier molecular flexibility index (Phi) is 3.31. The van der Waals surface area contributed by atoms with Gasteiger partial charge in [-0.25, -0.2) is 4.39 Å². The Morgan fingerprint density at radius 2 is 2.00 bits per heavy atom. The third-order valence-electron chi connectivity index (χ3n) is 1.99. The van der Waals surface area contributed by atoms with E-state index in [0.29, 0.717) is 15.4 Å². The van der Waals surface area contributed by atoms with Crippen LogP contribution < -0.4 is 0 Å². The van der Waals surface area contributed by atoms with Gasteiger partial charge in [0, 0.05) is 27.7 Å². The Bertz CT molecular complexity index is 516. The summed E-state index contributed by atoms with van der Waals surface area (Å²) in [5, 5.41) is 0. The number of halogens is 1. The van der Waals surface area contributed by atoms with Crippen molar-refractivity contribution >= 4 is 18.0 Å². The first-order valence-electron chi connectivity index (χ1n) is 4.63. The van der Waals surface area contributed by atoms with Crippen LogP contribution in [0.2, 0.25) is 0 Å². The van der Waals surface area contributed by atoms with Gasteiger partial charge in [-0.2, -0.15) is 0 Å². The Hall–Kier alpha value is -1.68. The second-order valence-electron chi connectivity index (χ2n) is 3.06. The van der Waals surface area contributed by atoms with Crippen LogP contribution in [0.3, 0.4) is 0 Å². The lowest BCUT2D eigenvalue weighted by molar-refractivity contribution is 0.112. The summed E-state index contributed by atoms with van der Waals surface area (Å²) < 4.78 is 13.4. The van der Waals surface area contributed by atoms with Crippen molar-refractivity contribution in [3.63, 3.8) is 0 Å². The first-order chi connectivity index (χ1) is 7.81. The molecule has 0 aliphatic carbocycles. The lowest BCUT2D eigenvalue weighted by atomic mass is 10.3. The minimum atomic E-state index is -0.291. The monoisotopic (exact) mass is 233 g/mol. The number of hydrogen-bond donors (Lipinski definition) is 0. The predicted octanol–water partition coefficient (Wildman–Crippen LogP) is 3.18. The van der Waals surface area contributed by atoms with E-state index >= 15 is 0 Å². The van der Waals surface area contributed by atoms with Crippen LogP contribution in [0.4, 0.5) is 4.39 Å². The van der Waals surface area contributed by atoms with Crippen LogP contribution in [-0.4, -0.2) is 11.3 Å². The van der Waals surface area contributed by atoms with Crippen molar-refractivity contribution in [3.8, 4) is 0 Å². The molecule has 1 heterocycles. The summed E-state index contributed by atoms with van der Waals surface area (Å²) >= 11 is 1.22. The van der Waals surface area contributed by atoms with Crippen molar-refractivity contribution in [2.75, 3.05) is 0 Å². The molecule has 16 heavy (non-hydrogen) atoms. The molecule has 1 aromatic carbocycles. The van der Waals surface area contributed by atoms with Gasteiger partial charge in [0.2, 0.25) is 0 Å². The number of carbonyl (C=O) groups excluding carboxylic acids is 1. The highest BCUT2D eigenvalue weighted by atomic mass is 32.2. The quantitative estimate of drug-likeness (QED) is 0.763. The molecule has 1 aromatic heterocycles. The van der Waals surface area contributed by atoms with E-state index in [-0.39, 0.29) is 5.82 Å². The van der Waals surface area contributed by atoms with Crippen LogP contribution in [0.5, 0.6) is 0 Å². The van der Waals surface area contributed by atoms with Gasteiger partial charge in [-0.15, -0.1) is 0 Å². The van der Waals surface area contributed by atoms with Gasteiger partial charge in [0.15, 0.2) is 6.29 Å². The molecule has 0 aliphatic heterocycles. The van der Waals surface area contributed by atoms with Crippen molar-refractivity contribution in [2.45, 2.75) is 9.79 Å². The molecule has 0 aliphatic rings. The first kappa shape index (κ1) is 10.8. The molecule has 0 unspecified atom stereocenters. The zero-order chi connectivity index (χ0) is 11.4. The number of nitrogens with zero attached hydrogens (tertiary/aromatic N) is 1. The maximum absolute atomic E-state index is 13.4. The lowest BCUT2D eigenvalue weighted by Crippen LogP contribution is -1.87. The van der Waals surface area contributed by atoms with Crippen LogP contribution >= 0.6 is 11.8 Å². The fraction of sp³-hybridized carbons (Fsp3) is 0. The van der Waals surface area contributed by atoms with E-state index < -0.39 is 0 Å². The topological polar surface area (TPSA) is 30.0 Å². The molecule has 0 spiro atoms. The summed E-state index contributed by atoms with van der Waals surface area (Å²) in [5.41, 5.74) is 0.468. The van der Waals surface area contributed by atoms with Gasteiger partial charge >= 0.3 is 0 Å². The van der Waals surface area contributed by atoms with E-state index in [4.69, 9.17) is 0 Å². The summed E-state index contributed by atoms with van der Waals surface area (Å²) in [7, 11) is 0. The van der Waals surface area contributed by atoms with Gasteiger partial charge in [-0.3, -0.25) is 9.78 Å². The largest absolute Gasteiger partial charge is 0.298 e. The van der Waals surface area contributed by atoms with E-state index in [0.717, 1.165) is 6.29 Å². The molecular weight excluding hydrogens is 225 g/mol. The molecule has 0 fully saturated rings. The zero-order valence-corrected chi connectivity index (χ0v) is 9.08. The van der Waals surface area contributed by atoms with Crippen molar-refractivity contribution < 1.29 is 9.18 Å². The number of pyridine rings is 1. The molecule has 80 valence electrons. The van der Waals surface area contributed by atoms with Gasteiger partial charge in [0.05, 0.1) is 0 Å². The van der Waals surface area contributed by atoms with Crippen molar-refractivity contribution in [1.29, 1.82) is 0 Å². The van der Waals surface area contributed by atoms with Gasteiger partial charge < -0.3 is 0 Å². The molecule has 0 bridgehead atoms. The number of rotatable bonds is 3. The highest BCUT2D eigenvalue weighted by Gasteiger charge is 2.06. The van der Waals surface area contributed by atoms with Gasteiger partial charge in [-0.1, -0.05) is 23.9 Å². The number of aldehydes is 1. The minimum absolute atomic E-state index is 0.291. The first-order valence-corrected chi connectivity index (χ1v) is 5.44. The normalized spacial score (nSPS) is 10.1. The molecule has 0 atom stereocenters. The number of hydrogen-bond acceptors (Lipinski definition) is 3. The summed E-state index contributed by atoms with van der Waals surface area (Å²) in [6.45, 7) is 0. The second-order valence-corrected chi connectivity index (χ2v) is 4.15. The Morgan fingerprint density at radius 3 is 2.75 bits per heavy atom. The molecule has 2 nitrogen and oxygen atoms in total. The van der Waals surface area contributed by atoms with E-state index in [9.17, 15) is 9.18 Å². The number of aromatic nitrogens is 1. The molecule has 2 rings (SSSR count). The van der Waals surface area contributed by atoms with Crippen molar-refractivity contribution in [1.82, 2.24) is 4.98 Å². The SMILES string of the molecule is O=Cc1cnccc1Sc1ccccc1F. The average Bonchev–Trinajstić information content (AvgIpc) is 2.33. The lowest BCUT2D eigenvalue weighted by Gasteiger charge is -2.04. The molecule has 0 N–H and O–H groups in total. The molecule has 0 saturated heterocycles. The van der Waals surface area contributed by atoms with Crippen LogP contribution in [-0.2, 0) is 0 Å². The summed E-state index contributed by atoms with van der Waals surface area (Å²) in [4.78, 5) is 15.8. The minimum Gasteiger partial charge on any atom is -0.298 e. The van der Waals surface area contributed by atoms with Gasteiger partial charge in [0.25, 0.3) is 0 Å². The molecule has 2 aromatic rings. The maximum Gasteiger partial charge on any atom is 0.152 e. The zero-order valence-electron chi connectivity index (χ0n) is 8.26.